The molecule has 12 heteroatoms. The van der Waals surface area contributed by atoms with Gasteiger partial charge in [-0.25, -0.2) is 0 Å². The Labute approximate surface area is 195 Å². The molecule has 198 valence electrons. The van der Waals surface area contributed by atoms with E-state index >= 15 is 0 Å². The summed E-state index contributed by atoms with van der Waals surface area (Å²) in [5, 5.41) is 51.3. The molecule has 0 aliphatic rings. The van der Waals surface area contributed by atoms with Crippen molar-refractivity contribution >= 4 is 17.9 Å². The fourth-order valence-electron chi connectivity index (χ4n) is 1.55. The molecule has 0 bridgehead atoms. The zero-order valence-corrected chi connectivity index (χ0v) is 19.9. The Morgan fingerprint density at radius 3 is 0.909 bits per heavy atom. The van der Waals surface area contributed by atoms with Crippen molar-refractivity contribution in [2.24, 2.45) is 0 Å². The first-order valence-electron chi connectivity index (χ1n) is 10.9. The Hall–Kier alpha value is -1.83. The first-order chi connectivity index (χ1) is 15.6. The van der Waals surface area contributed by atoms with Crippen LogP contribution in [0.1, 0.15) is 59.3 Å². The SMILES string of the molecule is CCCC(=O)OCC(O)CO.CCCC(=O)OCC(O)CO.CCCC(=O)OCC(O)CO. The van der Waals surface area contributed by atoms with Crippen LogP contribution in [0.25, 0.3) is 0 Å². The summed E-state index contributed by atoms with van der Waals surface area (Å²) in [6.45, 7) is 4.12. The lowest BCUT2D eigenvalue weighted by Gasteiger charge is -2.07. The van der Waals surface area contributed by atoms with E-state index in [0.29, 0.717) is 19.3 Å². The molecule has 0 radical (unpaired) electrons. The molecule has 0 saturated heterocycles. The molecular weight excluding hydrogens is 444 g/mol. The maximum absolute atomic E-state index is 10.6. The van der Waals surface area contributed by atoms with Crippen molar-refractivity contribution in [2.75, 3.05) is 39.6 Å². The number of rotatable bonds is 15. The second-order valence-corrected chi connectivity index (χ2v) is 6.81. The van der Waals surface area contributed by atoms with Crippen molar-refractivity contribution in [2.45, 2.75) is 77.6 Å². The summed E-state index contributed by atoms with van der Waals surface area (Å²) in [6, 6.07) is 0. The van der Waals surface area contributed by atoms with Crippen LogP contribution in [-0.4, -0.2) is 107 Å². The van der Waals surface area contributed by atoms with Crippen LogP contribution in [0.4, 0.5) is 0 Å². The van der Waals surface area contributed by atoms with Gasteiger partial charge in [0.1, 0.15) is 38.1 Å². The first-order valence-corrected chi connectivity index (χ1v) is 10.9. The molecule has 0 aliphatic heterocycles. The highest BCUT2D eigenvalue weighted by Crippen LogP contribution is 1.94. The van der Waals surface area contributed by atoms with Crippen LogP contribution in [0, 0.1) is 0 Å². The zero-order valence-electron chi connectivity index (χ0n) is 19.9. The third kappa shape index (κ3) is 30.2. The summed E-state index contributed by atoms with van der Waals surface area (Å²) in [5.41, 5.74) is 0. The fraction of sp³-hybridized carbons (Fsp3) is 0.857. The van der Waals surface area contributed by atoms with Gasteiger partial charge in [0, 0.05) is 19.3 Å². The number of carbonyl (C=O) groups is 3. The number of hydrogen-bond donors (Lipinski definition) is 6. The Kier molecular flexibility index (Phi) is 28.6. The van der Waals surface area contributed by atoms with E-state index in [2.05, 4.69) is 14.2 Å². The van der Waals surface area contributed by atoms with Crippen molar-refractivity contribution in [1.29, 1.82) is 0 Å². The fourth-order valence-corrected chi connectivity index (χ4v) is 1.55. The second-order valence-electron chi connectivity index (χ2n) is 6.81. The van der Waals surface area contributed by atoms with Crippen LogP contribution in [0.3, 0.4) is 0 Å². The predicted octanol–water partition coefficient (Wildman–Crippen LogP) is -0.951. The van der Waals surface area contributed by atoms with Crippen LogP contribution in [0.2, 0.25) is 0 Å². The number of hydrogen-bond acceptors (Lipinski definition) is 12. The molecule has 0 amide bonds. The molecule has 0 saturated carbocycles. The minimum atomic E-state index is -0.948. The average Bonchev–Trinajstić information content (AvgIpc) is 2.80. The van der Waals surface area contributed by atoms with Crippen molar-refractivity contribution in [3.8, 4) is 0 Å². The monoisotopic (exact) mass is 486 g/mol. The summed E-state index contributed by atoms with van der Waals surface area (Å²) in [5.74, 6) is -1.000. The largest absolute Gasteiger partial charge is 0.463 e. The highest BCUT2D eigenvalue weighted by atomic mass is 16.6. The van der Waals surface area contributed by atoms with Gasteiger partial charge in [0.25, 0.3) is 0 Å². The number of carbonyl (C=O) groups excluding carboxylic acids is 3. The standard InChI is InChI=1S/3C7H14O4/c3*1-2-3-7(10)11-5-6(9)4-8/h3*6,8-9H,2-5H2,1H3. The zero-order chi connectivity index (χ0) is 26.1. The summed E-state index contributed by atoms with van der Waals surface area (Å²) < 4.78 is 13.8. The molecule has 0 aromatic heterocycles. The van der Waals surface area contributed by atoms with E-state index in [-0.39, 0.29) is 57.5 Å². The number of ether oxygens (including phenoxy) is 3. The van der Waals surface area contributed by atoms with E-state index in [1.807, 2.05) is 20.8 Å². The lowest BCUT2D eigenvalue weighted by atomic mass is 10.3. The highest BCUT2D eigenvalue weighted by Gasteiger charge is 2.07. The molecule has 0 spiro atoms. The first kappa shape index (κ1) is 35.8. The van der Waals surface area contributed by atoms with Gasteiger partial charge in [0.2, 0.25) is 0 Å². The van der Waals surface area contributed by atoms with E-state index in [1.54, 1.807) is 0 Å². The molecule has 0 fully saturated rings. The Morgan fingerprint density at radius 1 is 0.545 bits per heavy atom. The third-order valence-corrected chi connectivity index (χ3v) is 3.30. The number of esters is 3. The minimum Gasteiger partial charge on any atom is -0.463 e. The van der Waals surface area contributed by atoms with Crippen molar-refractivity contribution in [3.63, 3.8) is 0 Å². The summed E-state index contributed by atoms with van der Waals surface area (Å²) >= 11 is 0. The quantitative estimate of drug-likeness (QED) is 0.123. The van der Waals surface area contributed by atoms with Gasteiger partial charge >= 0.3 is 17.9 Å². The molecule has 12 nitrogen and oxygen atoms in total. The van der Waals surface area contributed by atoms with Crippen molar-refractivity contribution < 1.29 is 59.2 Å². The van der Waals surface area contributed by atoms with Crippen LogP contribution in [0.5, 0.6) is 0 Å². The number of aliphatic hydroxyl groups excluding tert-OH is 6. The van der Waals surface area contributed by atoms with E-state index in [1.165, 1.54) is 0 Å². The van der Waals surface area contributed by atoms with E-state index in [4.69, 9.17) is 30.6 Å². The third-order valence-electron chi connectivity index (χ3n) is 3.30. The van der Waals surface area contributed by atoms with Crippen LogP contribution in [-0.2, 0) is 28.6 Å². The molecule has 0 aromatic rings. The molecule has 0 aromatic carbocycles. The molecule has 6 N–H and O–H groups in total. The minimum absolute atomic E-state index is 0.116. The molecule has 0 heterocycles. The average molecular weight is 487 g/mol. The van der Waals surface area contributed by atoms with Crippen LogP contribution < -0.4 is 0 Å². The lowest BCUT2D eigenvalue weighted by molar-refractivity contribution is -0.148. The molecule has 0 aliphatic carbocycles. The molecule has 33 heavy (non-hydrogen) atoms. The Bertz CT molecular complexity index is 406. The van der Waals surface area contributed by atoms with Gasteiger partial charge in [-0.15, -0.1) is 0 Å². The van der Waals surface area contributed by atoms with Gasteiger partial charge in [-0.05, 0) is 19.3 Å². The highest BCUT2D eigenvalue weighted by molar-refractivity contribution is 5.69. The van der Waals surface area contributed by atoms with Crippen LogP contribution in [0.15, 0.2) is 0 Å². The lowest BCUT2D eigenvalue weighted by Crippen LogP contribution is -2.21. The normalized spacial score (nSPS) is 12.6. The van der Waals surface area contributed by atoms with Crippen LogP contribution >= 0.6 is 0 Å². The van der Waals surface area contributed by atoms with Gasteiger partial charge in [-0.1, -0.05) is 20.8 Å². The smallest absolute Gasteiger partial charge is 0.305 e. The van der Waals surface area contributed by atoms with Gasteiger partial charge in [-0.2, -0.15) is 0 Å². The van der Waals surface area contributed by atoms with Crippen molar-refractivity contribution in [3.05, 3.63) is 0 Å². The number of aliphatic hydroxyl groups is 6. The van der Waals surface area contributed by atoms with Gasteiger partial charge in [0.15, 0.2) is 0 Å². The second kappa shape index (κ2) is 26.4. The van der Waals surface area contributed by atoms with Gasteiger partial charge < -0.3 is 44.8 Å². The maximum atomic E-state index is 10.6. The van der Waals surface area contributed by atoms with E-state index < -0.39 is 18.3 Å². The van der Waals surface area contributed by atoms with E-state index in [9.17, 15) is 14.4 Å². The van der Waals surface area contributed by atoms with Gasteiger partial charge in [0.05, 0.1) is 19.8 Å². The predicted molar refractivity (Wildman–Crippen MR) is 117 cm³/mol. The van der Waals surface area contributed by atoms with E-state index in [0.717, 1.165) is 19.3 Å². The maximum Gasteiger partial charge on any atom is 0.305 e. The summed E-state index contributed by atoms with van der Waals surface area (Å²) in [6.07, 6.45) is 0.423. The topological polar surface area (TPSA) is 200 Å². The van der Waals surface area contributed by atoms with Gasteiger partial charge in [-0.3, -0.25) is 14.4 Å². The summed E-state index contributed by atoms with van der Waals surface area (Å²) in [7, 11) is 0. The molecular formula is C21H42O12. The summed E-state index contributed by atoms with van der Waals surface area (Å²) in [4.78, 5) is 31.9. The Balaban J connectivity index is -0.000000409. The molecule has 3 unspecified atom stereocenters. The van der Waals surface area contributed by atoms with Crippen molar-refractivity contribution in [1.82, 2.24) is 0 Å². The molecule has 0 rings (SSSR count). The molecule has 3 atom stereocenters. The Morgan fingerprint density at radius 2 is 0.758 bits per heavy atom.